The molecule has 1 aliphatic rings. The van der Waals surface area contributed by atoms with Gasteiger partial charge in [0.25, 0.3) is 11.8 Å². The van der Waals surface area contributed by atoms with Crippen molar-refractivity contribution < 1.29 is 23.9 Å². The third-order valence-corrected chi connectivity index (χ3v) is 7.51. The fraction of sp³-hybridized carbons (Fsp3) is 0.259. The molecule has 0 spiro atoms. The van der Waals surface area contributed by atoms with E-state index in [1.807, 2.05) is 24.3 Å². The summed E-state index contributed by atoms with van der Waals surface area (Å²) in [4.78, 5) is 44.6. The molecule has 6 N–H and O–H groups in total. The van der Waals surface area contributed by atoms with Crippen LogP contribution in [-0.2, 0) is 9.53 Å². The maximum absolute atomic E-state index is 14.2. The average molecular weight is 549 g/mol. The second-order valence-electron chi connectivity index (χ2n) is 9.09. The number of anilines is 2. The van der Waals surface area contributed by atoms with Crippen molar-refractivity contribution in [3.63, 3.8) is 0 Å². The molecule has 1 saturated heterocycles. The van der Waals surface area contributed by atoms with Gasteiger partial charge in [-0.2, -0.15) is 4.37 Å². The molecule has 0 saturated carbocycles. The summed E-state index contributed by atoms with van der Waals surface area (Å²) in [5, 5.41) is 3.75. The molecule has 0 unspecified atom stereocenters. The minimum absolute atomic E-state index is 0.0108. The predicted molar refractivity (Wildman–Crippen MR) is 148 cm³/mol. The average Bonchev–Trinajstić information content (AvgIpc) is 3.70. The maximum atomic E-state index is 14.2. The Morgan fingerprint density at radius 2 is 2.08 bits per heavy atom. The van der Waals surface area contributed by atoms with Crippen LogP contribution in [0.15, 0.2) is 54.7 Å². The lowest BCUT2D eigenvalue weighted by atomic mass is 10.0. The topological polar surface area (TPSA) is 166 Å². The van der Waals surface area contributed by atoms with Gasteiger partial charge in [0.1, 0.15) is 16.7 Å². The number of benzene rings is 2. The number of hydrogen-bond acceptors (Lipinski definition) is 8. The van der Waals surface area contributed by atoms with Crippen molar-refractivity contribution >= 4 is 51.5 Å². The number of amides is 3. The van der Waals surface area contributed by atoms with Crippen LogP contribution in [0.1, 0.15) is 44.6 Å². The molecule has 2 aromatic heterocycles. The van der Waals surface area contributed by atoms with E-state index in [1.54, 1.807) is 30.5 Å². The standard InChI is InChI=1S/C27H28N6O5S/c1-37-16-7-4-6-15(12-16)33(27(36)24-21(28)22(25(29)34)32-39-24)23(26(35)31-13-17-8-5-11-38-17)19-14-30-20-10-3-2-9-18(19)20/h2-4,6-7,9-10,12,14,17,23,30H,5,8,11,13,28H2,1H3,(H2,29,34)(H,31,35)/t17-,23+/m0/s1. The molecule has 2 aromatic carbocycles. The number of ether oxygens (including phenoxy) is 2. The Morgan fingerprint density at radius 3 is 2.79 bits per heavy atom. The zero-order chi connectivity index (χ0) is 27.5. The third-order valence-electron chi connectivity index (χ3n) is 6.66. The molecular formula is C27H28N6O5S. The number of primary amides is 1. The van der Waals surface area contributed by atoms with Crippen molar-refractivity contribution in [3.8, 4) is 5.75 Å². The number of hydrogen-bond donors (Lipinski definition) is 4. The van der Waals surface area contributed by atoms with Gasteiger partial charge in [-0.3, -0.25) is 19.3 Å². The highest BCUT2D eigenvalue weighted by molar-refractivity contribution is 7.09. The number of aromatic nitrogens is 2. The zero-order valence-electron chi connectivity index (χ0n) is 21.2. The number of nitrogens with one attached hydrogen (secondary N) is 2. The van der Waals surface area contributed by atoms with Gasteiger partial charge in [-0.15, -0.1) is 0 Å². The highest BCUT2D eigenvalue weighted by atomic mass is 32.1. The van der Waals surface area contributed by atoms with Crippen LogP contribution in [0.25, 0.3) is 10.9 Å². The Bertz CT molecular complexity index is 1530. The molecule has 1 aliphatic heterocycles. The number of methoxy groups -OCH3 is 1. The molecule has 12 heteroatoms. The number of carbonyl (C=O) groups is 3. The summed E-state index contributed by atoms with van der Waals surface area (Å²) in [7, 11) is 1.51. The molecule has 2 atom stereocenters. The van der Waals surface area contributed by atoms with E-state index in [0.29, 0.717) is 30.2 Å². The van der Waals surface area contributed by atoms with Crippen LogP contribution in [0.3, 0.4) is 0 Å². The third kappa shape index (κ3) is 5.16. The first-order chi connectivity index (χ1) is 18.9. The molecule has 0 bridgehead atoms. The molecule has 4 aromatic rings. The number of carbonyl (C=O) groups excluding carboxylic acids is 3. The van der Waals surface area contributed by atoms with Gasteiger partial charge < -0.3 is 31.2 Å². The van der Waals surface area contributed by atoms with Gasteiger partial charge in [0.05, 0.1) is 18.9 Å². The van der Waals surface area contributed by atoms with Crippen molar-refractivity contribution in [2.75, 3.05) is 30.9 Å². The molecule has 3 heterocycles. The summed E-state index contributed by atoms with van der Waals surface area (Å²) in [5.41, 5.74) is 13.0. The zero-order valence-corrected chi connectivity index (χ0v) is 22.0. The van der Waals surface area contributed by atoms with Crippen LogP contribution in [0.5, 0.6) is 5.75 Å². The van der Waals surface area contributed by atoms with Crippen molar-refractivity contribution in [1.82, 2.24) is 14.7 Å². The Balaban J connectivity index is 1.66. The normalized spacial score (nSPS) is 15.7. The molecule has 202 valence electrons. The Hall–Kier alpha value is -4.42. The highest BCUT2D eigenvalue weighted by Crippen LogP contribution is 2.37. The molecule has 3 amide bonds. The lowest BCUT2D eigenvalue weighted by Crippen LogP contribution is -2.45. The van der Waals surface area contributed by atoms with Gasteiger partial charge in [0, 0.05) is 47.6 Å². The minimum Gasteiger partial charge on any atom is -0.497 e. The fourth-order valence-electron chi connectivity index (χ4n) is 4.72. The number of H-pyrrole nitrogens is 1. The van der Waals surface area contributed by atoms with Crippen LogP contribution in [0, 0.1) is 0 Å². The number of aromatic amines is 1. The van der Waals surface area contributed by atoms with Crippen LogP contribution in [0.4, 0.5) is 11.4 Å². The minimum atomic E-state index is -1.12. The number of nitrogens with two attached hydrogens (primary N) is 2. The van der Waals surface area contributed by atoms with Gasteiger partial charge in [-0.05, 0) is 42.6 Å². The van der Waals surface area contributed by atoms with Gasteiger partial charge in [0.2, 0.25) is 5.91 Å². The van der Waals surface area contributed by atoms with E-state index in [-0.39, 0.29) is 22.4 Å². The number of rotatable bonds is 9. The van der Waals surface area contributed by atoms with Gasteiger partial charge >= 0.3 is 0 Å². The SMILES string of the molecule is COc1cccc(N(C(=O)c2snc(C(N)=O)c2N)[C@@H](C(=O)NC[C@@H]2CCCO2)c2c[nH]c3ccccc23)c1. The van der Waals surface area contributed by atoms with Crippen molar-refractivity contribution in [2.45, 2.75) is 25.0 Å². The van der Waals surface area contributed by atoms with Crippen LogP contribution in [0.2, 0.25) is 0 Å². The monoisotopic (exact) mass is 548 g/mol. The molecular weight excluding hydrogens is 520 g/mol. The van der Waals surface area contributed by atoms with Crippen molar-refractivity contribution in [1.29, 1.82) is 0 Å². The van der Waals surface area contributed by atoms with E-state index in [9.17, 15) is 14.4 Å². The van der Waals surface area contributed by atoms with Crippen molar-refractivity contribution in [2.24, 2.45) is 5.73 Å². The second-order valence-corrected chi connectivity index (χ2v) is 9.86. The quantitative estimate of drug-likeness (QED) is 0.249. The Morgan fingerprint density at radius 1 is 1.26 bits per heavy atom. The number of fused-ring (bicyclic) bond motifs is 1. The Labute approximate surface area is 228 Å². The first kappa shape index (κ1) is 26.2. The van der Waals surface area contributed by atoms with E-state index < -0.39 is 23.8 Å². The van der Waals surface area contributed by atoms with Crippen LogP contribution in [-0.4, -0.2) is 53.4 Å². The summed E-state index contributed by atoms with van der Waals surface area (Å²) in [6.45, 7) is 0.944. The molecule has 11 nitrogen and oxygen atoms in total. The molecule has 0 radical (unpaired) electrons. The Kier molecular flexibility index (Phi) is 7.48. The van der Waals surface area contributed by atoms with Gasteiger partial charge in [-0.1, -0.05) is 24.3 Å². The van der Waals surface area contributed by atoms with E-state index >= 15 is 0 Å². The smallest absolute Gasteiger partial charge is 0.273 e. The summed E-state index contributed by atoms with van der Waals surface area (Å²) < 4.78 is 15.1. The lowest BCUT2D eigenvalue weighted by Gasteiger charge is -2.31. The largest absolute Gasteiger partial charge is 0.497 e. The summed E-state index contributed by atoms with van der Waals surface area (Å²) in [6, 6.07) is 13.2. The van der Waals surface area contributed by atoms with E-state index in [4.69, 9.17) is 20.9 Å². The van der Waals surface area contributed by atoms with Gasteiger partial charge in [-0.25, -0.2) is 0 Å². The highest BCUT2D eigenvalue weighted by Gasteiger charge is 2.37. The molecule has 39 heavy (non-hydrogen) atoms. The predicted octanol–water partition coefficient (Wildman–Crippen LogP) is 3.00. The van der Waals surface area contributed by atoms with Crippen molar-refractivity contribution in [3.05, 3.63) is 70.9 Å². The molecule has 1 fully saturated rings. The summed E-state index contributed by atoms with van der Waals surface area (Å²) >= 11 is 0.751. The first-order valence-electron chi connectivity index (χ1n) is 12.4. The maximum Gasteiger partial charge on any atom is 0.273 e. The van der Waals surface area contributed by atoms with E-state index in [0.717, 1.165) is 35.3 Å². The van der Waals surface area contributed by atoms with E-state index in [1.165, 1.54) is 12.0 Å². The first-order valence-corrected chi connectivity index (χ1v) is 13.1. The van der Waals surface area contributed by atoms with Crippen LogP contribution < -0.4 is 26.4 Å². The molecule has 5 rings (SSSR count). The van der Waals surface area contributed by atoms with Gasteiger partial charge in [0.15, 0.2) is 5.69 Å². The number of nitrogen functional groups attached to an aromatic ring is 1. The molecule has 0 aliphatic carbocycles. The second kappa shape index (κ2) is 11.1. The fourth-order valence-corrected chi connectivity index (χ4v) is 5.46. The number of para-hydroxylation sites is 1. The number of nitrogens with zero attached hydrogens (tertiary/aromatic N) is 2. The summed E-state index contributed by atoms with van der Waals surface area (Å²) in [5.74, 6) is -1.39. The lowest BCUT2D eigenvalue weighted by molar-refractivity contribution is -0.123. The van der Waals surface area contributed by atoms with E-state index in [2.05, 4.69) is 14.7 Å². The van der Waals surface area contributed by atoms with Crippen LogP contribution >= 0.6 is 11.5 Å². The summed E-state index contributed by atoms with van der Waals surface area (Å²) in [6.07, 6.45) is 3.37.